The van der Waals surface area contributed by atoms with Crippen LogP contribution in [0.4, 0.5) is 17.3 Å². The molecule has 0 bridgehead atoms. The van der Waals surface area contributed by atoms with E-state index in [1.807, 2.05) is 60.7 Å². The lowest BCUT2D eigenvalue weighted by molar-refractivity contribution is -0.121. The van der Waals surface area contributed by atoms with Crippen molar-refractivity contribution in [2.75, 3.05) is 16.6 Å². The second kappa shape index (κ2) is 11.0. The van der Waals surface area contributed by atoms with Gasteiger partial charge in [0.05, 0.1) is 5.92 Å². The van der Waals surface area contributed by atoms with E-state index in [1.165, 1.54) is 6.33 Å². The maximum Gasteiger partial charge on any atom is 0.269 e. The molecule has 10 heteroatoms. The Kier molecular flexibility index (Phi) is 7.39. The molecule has 0 saturated carbocycles. The summed E-state index contributed by atoms with van der Waals surface area (Å²) in [7, 11) is 0. The zero-order valence-electron chi connectivity index (χ0n) is 18.4. The highest BCUT2D eigenvalue weighted by atomic mass is 35.5. The Labute approximate surface area is 206 Å². The van der Waals surface area contributed by atoms with Gasteiger partial charge in [-0.3, -0.25) is 31.3 Å². The van der Waals surface area contributed by atoms with Crippen molar-refractivity contribution in [3.05, 3.63) is 113 Å². The lowest BCUT2D eigenvalue weighted by atomic mass is 9.91. The van der Waals surface area contributed by atoms with Crippen molar-refractivity contribution >= 4 is 40.7 Å². The first-order chi connectivity index (χ1) is 17.0. The highest BCUT2D eigenvalue weighted by Gasteiger charge is 2.23. The molecule has 3 aromatic carbocycles. The maximum atomic E-state index is 13.2. The first-order valence-corrected chi connectivity index (χ1v) is 11.0. The number of nitrogens with zero attached hydrogens (tertiary/aromatic N) is 2. The Hall–Kier alpha value is -4.63. The van der Waals surface area contributed by atoms with Gasteiger partial charge in [0, 0.05) is 10.6 Å². The van der Waals surface area contributed by atoms with Crippen molar-refractivity contribution < 1.29 is 9.59 Å². The molecule has 176 valence electrons. The number of nitrogen functional groups attached to an aromatic ring is 1. The number of carbonyl (C=O) groups is 2. The lowest BCUT2D eigenvalue weighted by Crippen LogP contribution is -2.35. The van der Waals surface area contributed by atoms with Gasteiger partial charge in [0.15, 0.2) is 11.6 Å². The Morgan fingerprint density at radius 3 is 1.80 bits per heavy atom. The summed E-state index contributed by atoms with van der Waals surface area (Å²) in [6.45, 7) is 0. The predicted octanol–water partition coefficient (Wildman–Crippen LogP) is 3.74. The summed E-state index contributed by atoms with van der Waals surface area (Å²) in [6, 6.07) is 25.3. The van der Waals surface area contributed by atoms with Gasteiger partial charge >= 0.3 is 0 Å². The minimum absolute atomic E-state index is 0.0974. The number of benzene rings is 3. The SMILES string of the molecule is Nc1c(NNC(=O)c2ccc(Cl)cc2)ncnc1NNC(=O)C(c1ccccc1)c1ccccc1. The summed E-state index contributed by atoms with van der Waals surface area (Å²) in [5, 5.41) is 0.522. The van der Waals surface area contributed by atoms with E-state index < -0.39 is 11.8 Å². The van der Waals surface area contributed by atoms with E-state index >= 15 is 0 Å². The molecule has 2 amide bonds. The number of hydrogen-bond donors (Lipinski definition) is 5. The van der Waals surface area contributed by atoms with Crippen molar-refractivity contribution in [1.29, 1.82) is 0 Å². The number of nitrogens with one attached hydrogen (secondary N) is 4. The molecule has 6 N–H and O–H groups in total. The van der Waals surface area contributed by atoms with E-state index in [2.05, 4.69) is 31.7 Å². The number of carbonyl (C=O) groups excluding carboxylic acids is 2. The average molecular weight is 488 g/mol. The van der Waals surface area contributed by atoms with Crippen LogP contribution >= 0.6 is 11.6 Å². The number of halogens is 1. The number of anilines is 3. The van der Waals surface area contributed by atoms with Crippen molar-refractivity contribution in [1.82, 2.24) is 20.8 Å². The van der Waals surface area contributed by atoms with Crippen LogP contribution in [0.2, 0.25) is 5.02 Å². The van der Waals surface area contributed by atoms with Crippen LogP contribution in [0.25, 0.3) is 0 Å². The molecule has 0 spiro atoms. The molecule has 1 aromatic heterocycles. The third-order valence-corrected chi connectivity index (χ3v) is 5.37. The van der Waals surface area contributed by atoms with E-state index in [1.54, 1.807) is 24.3 Å². The van der Waals surface area contributed by atoms with Gasteiger partial charge in [-0.15, -0.1) is 0 Å². The largest absolute Gasteiger partial charge is 0.393 e. The quantitative estimate of drug-likeness (QED) is 0.239. The molecular weight excluding hydrogens is 466 g/mol. The minimum atomic E-state index is -0.552. The zero-order valence-corrected chi connectivity index (χ0v) is 19.2. The summed E-state index contributed by atoms with van der Waals surface area (Å²) < 4.78 is 0. The van der Waals surface area contributed by atoms with Crippen molar-refractivity contribution in [3.63, 3.8) is 0 Å². The molecule has 0 aliphatic rings. The van der Waals surface area contributed by atoms with Crippen LogP contribution in [0.1, 0.15) is 27.4 Å². The van der Waals surface area contributed by atoms with E-state index in [0.29, 0.717) is 10.6 Å². The van der Waals surface area contributed by atoms with Crippen LogP contribution in [0.5, 0.6) is 0 Å². The topological polar surface area (TPSA) is 134 Å². The van der Waals surface area contributed by atoms with Gasteiger partial charge in [-0.1, -0.05) is 72.3 Å². The summed E-state index contributed by atoms with van der Waals surface area (Å²) in [4.78, 5) is 33.6. The highest BCUT2D eigenvalue weighted by Crippen LogP contribution is 2.25. The molecule has 35 heavy (non-hydrogen) atoms. The summed E-state index contributed by atoms with van der Waals surface area (Å²) in [5.74, 6) is -0.940. The third kappa shape index (κ3) is 5.84. The van der Waals surface area contributed by atoms with Crippen molar-refractivity contribution in [2.45, 2.75) is 5.92 Å². The maximum absolute atomic E-state index is 13.2. The van der Waals surface area contributed by atoms with Gasteiger partial charge < -0.3 is 5.73 Å². The highest BCUT2D eigenvalue weighted by molar-refractivity contribution is 6.30. The van der Waals surface area contributed by atoms with Gasteiger partial charge in [0.1, 0.15) is 12.0 Å². The van der Waals surface area contributed by atoms with Crippen LogP contribution in [0.15, 0.2) is 91.3 Å². The molecule has 1 heterocycles. The van der Waals surface area contributed by atoms with E-state index in [9.17, 15) is 9.59 Å². The number of aromatic nitrogens is 2. The number of nitrogens with two attached hydrogens (primary N) is 1. The van der Waals surface area contributed by atoms with Crippen molar-refractivity contribution in [2.24, 2.45) is 0 Å². The molecule has 4 aromatic rings. The lowest BCUT2D eigenvalue weighted by Gasteiger charge is -2.19. The molecule has 0 aliphatic heterocycles. The number of amides is 2. The zero-order chi connectivity index (χ0) is 24.6. The van der Waals surface area contributed by atoms with Crippen LogP contribution in [0.3, 0.4) is 0 Å². The molecule has 0 fully saturated rings. The van der Waals surface area contributed by atoms with Gasteiger partial charge in [0.2, 0.25) is 5.91 Å². The predicted molar refractivity (Wildman–Crippen MR) is 135 cm³/mol. The normalized spacial score (nSPS) is 10.5. The van der Waals surface area contributed by atoms with Crippen LogP contribution in [-0.2, 0) is 4.79 Å². The van der Waals surface area contributed by atoms with Gasteiger partial charge in [0.25, 0.3) is 5.91 Å². The van der Waals surface area contributed by atoms with Crippen LogP contribution in [-0.4, -0.2) is 21.8 Å². The molecule has 0 atom stereocenters. The van der Waals surface area contributed by atoms with Crippen LogP contribution in [0, 0.1) is 0 Å². The number of hydrogen-bond acceptors (Lipinski definition) is 7. The smallest absolute Gasteiger partial charge is 0.269 e. The fourth-order valence-electron chi connectivity index (χ4n) is 3.36. The Bertz CT molecular complexity index is 1260. The Balaban J connectivity index is 1.44. The molecule has 4 rings (SSSR count). The molecule has 0 radical (unpaired) electrons. The standard InChI is InChI=1S/C25H22ClN7O2/c26-19-13-11-18(12-14-19)24(34)32-30-22-21(27)23(29-15-28-22)31-33-25(35)20(16-7-3-1-4-8-16)17-9-5-2-6-10-17/h1-15,20H,27H2,(H,32,34)(H,33,35)(H2,28,29,30,31). The molecule has 0 saturated heterocycles. The average Bonchev–Trinajstić information content (AvgIpc) is 2.89. The third-order valence-electron chi connectivity index (χ3n) is 5.12. The van der Waals surface area contributed by atoms with Crippen molar-refractivity contribution in [3.8, 4) is 0 Å². The summed E-state index contributed by atoms with van der Waals surface area (Å²) in [5.41, 5.74) is 18.9. The fraction of sp³-hybridized carbons (Fsp3) is 0.0400. The van der Waals surface area contributed by atoms with E-state index in [-0.39, 0.29) is 23.2 Å². The molecule has 9 nitrogen and oxygen atoms in total. The molecular formula is C25H22ClN7O2. The Morgan fingerprint density at radius 2 is 1.26 bits per heavy atom. The first kappa shape index (κ1) is 23.5. The first-order valence-electron chi connectivity index (χ1n) is 10.6. The van der Waals surface area contributed by atoms with E-state index in [4.69, 9.17) is 17.3 Å². The Morgan fingerprint density at radius 1 is 0.743 bits per heavy atom. The molecule has 0 aliphatic carbocycles. The van der Waals surface area contributed by atoms with Crippen LogP contribution < -0.4 is 27.4 Å². The number of rotatable bonds is 8. The second-order valence-corrected chi connectivity index (χ2v) is 7.88. The van der Waals surface area contributed by atoms with E-state index in [0.717, 1.165) is 11.1 Å². The van der Waals surface area contributed by atoms with Gasteiger partial charge in [-0.2, -0.15) is 0 Å². The summed E-state index contributed by atoms with van der Waals surface area (Å²) >= 11 is 5.85. The number of hydrazine groups is 2. The summed E-state index contributed by atoms with van der Waals surface area (Å²) in [6.07, 6.45) is 1.24. The fourth-order valence-corrected chi connectivity index (χ4v) is 3.49. The second-order valence-electron chi connectivity index (χ2n) is 7.44. The molecule has 0 unspecified atom stereocenters. The minimum Gasteiger partial charge on any atom is -0.393 e. The van der Waals surface area contributed by atoms with Gasteiger partial charge in [-0.25, -0.2) is 9.97 Å². The monoisotopic (exact) mass is 487 g/mol. The van der Waals surface area contributed by atoms with Gasteiger partial charge in [-0.05, 0) is 35.4 Å².